The van der Waals surface area contributed by atoms with Gasteiger partial charge in [-0.3, -0.25) is 14.4 Å². The van der Waals surface area contributed by atoms with Crippen LogP contribution in [0.25, 0.3) is 0 Å². The highest BCUT2D eigenvalue weighted by molar-refractivity contribution is 5.86. The van der Waals surface area contributed by atoms with E-state index < -0.39 is 47.0 Å². The van der Waals surface area contributed by atoms with Crippen molar-refractivity contribution >= 4 is 17.9 Å². The van der Waals surface area contributed by atoms with Gasteiger partial charge in [-0.25, -0.2) is 0 Å². The third-order valence-electron chi connectivity index (χ3n) is 5.56. The maximum Gasteiger partial charge on any atom is 0.307 e. The molecule has 3 aliphatic rings. The number of carbonyl (C=O) groups is 3. The topological polar surface area (TPSA) is 112 Å². The molecule has 98 valence electrons. The minimum atomic E-state index is -1.17. The van der Waals surface area contributed by atoms with Gasteiger partial charge in [0.25, 0.3) is 0 Å². The molecule has 7 unspecified atom stereocenters. The summed E-state index contributed by atoms with van der Waals surface area (Å²) in [5.74, 6) is -6.72. The Morgan fingerprint density at radius 3 is 2.00 bits per heavy atom. The fourth-order valence-electron chi connectivity index (χ4n) is 5.00. The third-order valence-corrected chi connectivity index (χ3v) is 5.56. The fraction of sp³-hybridized carbons (Fsp3) is 0.750. The van der Waals surface area contributed by atoms with Crippen molar-refractivity contribution in [2.24, 2.45) is 40.9 Å². The Kier molecular flexibility index (Phi) is 1.95. The molecule has 0 aromatic carbocycles. The molecule has 3 fully saturated rings. The normalized spacial score (nSPS) is 51.8. The van der Waals surface area contributed by atoms with E-state index in [9.17, 15) is 29.7 Å². The Labute approximate surface area is 103 Å². The Bertz CT molecular complexity index is 471. The van der Waals surface area contributed by atoms with Gasteiger partial charge in [0.05, 0.1) is 17.8 Å². The molecule has 0 aliphatic heterocycles. The van der Waals surface area contributed by atoms with Gasteiger partial charge in [0.1, 0.15) is 0 Å². The lowest BCUT2D eigenvalue weighted by atomic mass is 9.62. The van der Waals surface area contributed by atoms with Crippen molar-refractivity contribution < 1.29 is 29.7 Å². The van der Waals surface area contributed by atoms with Crippen LogP contribution in [0, 0.1) is 40.9 Å². The summed E-state index contributed by atoms with van der Waals surface area (Å²) in [4.78, 5) is 33.9. The summed E-state index contributed by atoms with van der Waals surface area (Å²) in [6, 6.07) is 0. The van der Waals surface area contributed by atoms with Crippen molar-refractivity contribution in [1.29, 1.82) is 0 Å². The lowest BCUT2D eigenvalue weighted by molar-refractivity contribution is -0.167. The second-order valence-electron chi connectivity index (χ2n) is 5.83. The fourth-order valence-corrected chi connectivity index (χ4v) is 5.00. The first-order chi connectivity index (χ1) is 8.34. The molecule has 3 rings (SSSR count). The van der Waals surface area contributed by atoms with Crippen LogP contribution in [0.4, 0.5) is 0 Å². The van der Waals surface area contributed by atoms with E-state index in [1.807, 2.05) is 0 Å². The summed E-state index contributed by atoms with van der Waals surface area (Å²) in [5.41, 5.74) is -0.581. The molecular weight excluding hydrogens is 240 g/mol. The summed E-state index contributed by atoms with van der Waals surface area (Å²) in [6.07, 6.45) is 0.670. The number of hydrogen-bond acceptors (Lipinski definition) is 3. The van der Waals surface area contributed by atoms with Gasteiger partial charge in [0, 0.05) is 0 Å². The van der Waals surface area contributed by atoms with Crippen LogP contribution in [0.3, 0.4) is 0 Å². The number of carboxylic acid groups (broad SMARTS) is 3. The second-order valence-corrected chi connectivity index (χ2v) is 5.83. The van der Waals surface area contributed by atoms with E-state index in [1.165, 1.54) is 0 Å². The van der Waals surface area contributed by atoms with E-state index in [0.717, 1.165) is 0 Å². The molecule has 0 spiro atoms. The average molecular weight is 254 g/mol. The summed E-state index contributed by atoms with van der Waals surface area (Å²) in [5, 5.41) is 27.7. The zero-order valence-corrected chi connectivity index (χ0v) is 9.74. The lowest BCUT2D eigenvalue weighted by Crippen LogP contribution is -2.48. The molecule has 0 saturated heterocycles. The Hall–Kier alpha value is -1.59. The number of aliphatic carboxylic acids is 3. The number of hydrogen-bond donors (Lipinski definition) is 3. The molecule has 18 heavy (non-hydrogen) atoms. The van der Waals surface area contributed by atoms with Crippen molar-refractivity contribution in [3.63, 3.8) is 0 Å². The summed E-state index contributed by atoms with van der Waals surface area (Å²) < 4.78 is 0. The minimum Gasteiger partial charge on any atom is -0.481 e. The zero-order chi connectivity index (χ0) is 13.4. The van der Waals surface area contributed by atoms with Gasteiger partial charge >= 0.3 is 17.9 Å². The van der Waals surface area contributed by atoms with E-state index in [1.54, 1.807) is 6.92 Å². The number of carboxylic acids is 3. The molecular formula is C12H14O6. The summed E-state index contributed by atoms with van der Waals surface area (Å²) >= 11 is 0. The maximum absolute atomic E-state index is 11.3. The lowest BCUT2D eigenvalue weighted by Gasteiger charge is -2.39. The van der Waals surface area contributed by atoms with Crippen molar-refractivity contribution in [3.05, 3.63) is 0 Å². The average Bonchev–Trinajstić information content (AvgIpc) is 2.84. The van der Waals surface area contributed by atoms with Gasteiger partial charge in [0.15, 0.2) is 0 Å². The van der Waals surface area contributed by atoms with E-state index in [2.05, 4.69) is 0 Å². The van der Waals surface area contributed by atoms with E-state index >= 15 is 0 Å². The predicted molar refractivity (Wildman–Crippen MR) is 56.6 cm³/mol. The first kappa shape index (κ1) is 11.5. The first-order valence-electron chi connectivity index (χ1n) is 6.02. The van der Waals surface area contributed by atoms with Gasteiger partial charge in [-0.05, 0) is 29.6 Å². The molecule has 0 radical (unpaired) electrons. The van der Waals surface area contributed by atoms with Crippen LogP contribution in [0.15, 0.2) is 0 Å². The molecule has 3 saturated carbocycles. The zero-order valence-electron chi connectivity index (χ0n) is 9.74. The standard InChI is InChI=1S/C12H14O6/c1-3-5(9(13)14)6-4-2-12(3,4)8(11(17)18)7(6)10(15)16/h3-8H,2H2,1H3,(H,13,14)(H,15,16)(H,17,18). The smallest absolute Gasteiger partial charge is 0.307 e. The molecule has 0 aromatic rings. The second kappa shape index (κ2) is 3.05. The molecule has 3 N–H and O–H groups in total. The Morgan fingerprint density at radius 1 is 1.00 bits per heavy atom. The van der Waals surface area contributed by atoms with Crippen LogP contribution >= 0.6 is 0 Å². The van der Waals surface area contributed by atoms with Gasteiger partial charge < -0.3 is 15.3 Å². The SMILES string of the molecule is CC1C(C(=O)O)C2C(C(=O)O)C(C(=O)O)C13CC23. The van der Waals surface area contributed by atoms with E-state index in [-0.39, 0.29) is 11.8 Å². The highest BCUT2D eigenvalue weighted by atomic mass is 16.4. The van der Waals surface area contributed by atoms with Crippen LogP contribution in [-0.4, -0.2) is 33.2 Å². The molecule has 7 atom stereocenters. The van der Waals surface area contributed by atoms with Gasteiger partial charge in [-0.2, -0.15) is 0 Å². The van der Waals surface area contributed by atoms with E-state index in [0.29, 0.717) is 6.42 Å². The van der Waals surface area contributed by atoms with E-state index in [4.69, 9.17) is 0 Å². The van der Waals surface area contributed by atoms with Crippen molar-refractivity contribution in [2.45, 2.75) is 13.3 Å². The summed E-state index contributed by atoms with van der Waals surface area (Å²) in [6.45, 7) is 1.76. The van der Waals surface area contributed by atoms with Gasteiger partial charge in [-0.15, -0.1) is 0 Å². The van der Waals surface area contributed by atoms with Crippen LogP contribution < -0.4 is 0 Å². The van der Waals surface area contributed by atoms with Crippen molar-refractivity contribution in [3.8, 4) is 0 Å². The Balaban J connectivity index is 2.07. The molecule has 6 heteroatoms. The molecule has 6 nitrogen and oxygen atoms in total. The van der Waals surface area contributed by atoms with Crippen LogP contribution in [0.5, 0.6) is 0 Å². The van der Waals surface area contributed by atoms with Crippen LogP contribution in [0.2, 0.25) is 0 Å². The highest BCUT2D eigenvalue weighted by Gasteiger charge is 2.83. The first-order valence-corrected chi connectivity index (χ1v) is 6.02. The number of rotatable bonds is 3. The largest absolute Gasteiger partial charge is 0.481 e. The summed E-state index contributed by atoms with van der Waals surface area (Å²) in [7, 11) is 0. The monoisotopic (exact) mass is 254 g/mol. The molecule has 0 aromatic heterocycles. The maximum atomic E-state index is 11.3. The molecule has 2 bridgehead atoms. The minimum absolute atomic E-state index is 0.0317. The highest BCUT2D eigenvalue weighted by Crippen LogP contribution is 2.82. The van der Waals surface area contributed by atoms with Gasteiger partial charge in [-0.1, -0.05) is 6.92 Å². The van der Waals surface area contributed by atoms with Gasteiger partial charge in [0.2, 0.25) is 0 Å². The molecule has 3 aliphatic carbocycles. The van der Waals surface area contributed by atoms with Crippen LogP contribution in [0.1, 0.15) is 13.3 Å². The molecule has 0 amide bonds. The Morgan fingerprint density at radius 2 is 1.56 bits per heavy atom. The third kappa shape index (κ3) is 0.980. The quantitative estimate of drug-likeness (QED) is 0.671. The van der Waals surface area contributed by atoms with Crippen molar-refractivity contribution in [1.82, 2.24) is 0 Å². The predicted octanol–water partition coefficient (Wildman–Crippen LogP) is 0.375. The van der Waals surface area contributed by atoms with Crippen molar-refractivity contribution in [2.75, 3.05) is 0 Å². The van der Waals surface area contributed by atoms with Crippen LogP contribution in [-0.2, 0) is 14.4 Å². The molecule has 0 heterocycles.